The van der Waals surface area contributed by atoms with Crippen molar-refractivity contribution >= 4 is 21.6 Å². The minimum absolute atomic E-state index is 0.145. The minimum atomic E-state index is -3.84. The fourth-order valence-electron chi connectivity index (χ4n) is 1.75. The van der Waals surface area contributed by atoms with Gasteiger partial charge >= 0.3 is 0 Å². The zero-order chi connectivity index (χ0) is 14.8. The van der Waals surface area contributed by atoms with E-state index < -0.39 is 15.8 Å². The van der Waals surface area contributed by atoms with Crippen LogP contribution in [0.25, 0.3) is 0 Å². The van der Waals surface area contributed by atoms with Gasteiger partial charge in [-0.25, -0.2) is 17.1 Å². The summed E-state index contributed by atoms with van der Waals surface area (Å²) in [6.45, 7) is 6.07. The molecular weight excluding hydrogens is 289 g/mol. The number of rotatable bonds is 4. The third-order valence-electron chi connectivity index (χ3n) is 2.54. The Labute approximate surface area is 119 Å². The Hall–Kier alpha value is -0.650. The maximum Gasteiger partial charge on any atom is 0.245 e. The van der Waals surface area contributed by atoms with E-state index in [1.54, 1.807) is 0 Å². The van der Waals surface area contributed by atoms with Gasteiger partial charge in [0.2, 0.25) is 10.0 Å². The highest BCUT2D eigenvalue weighted by atomic mass is 35.5. The van der Waals surface area contributed by atoms with Crippen molar-refractivity contribution in [2.75, 3.05) is 13.6 Å². The second-order valence-corrected chi connectivity index (χ2v) is 8.00. The van der Waals surface area contributed by atoms with E-state index in [1.165, 1.54) is 23.5 Å². The summed E-state index contributed by atoms with van der Waals surface area (Å²) in [5.74, 6) is -0.610. The molecule has 3 nitrogen and oxygen atoms in total. The zero-order valence-electron chi connectivity index (χ0n) is 11.6. The number of nitrogens with zero attached hydrogens (tertiary/aromatic N) is 1. The van der Waals surface area contributed by atoms with Crippen LogP contribution in [0.15, 0.2) is 23.1 Å². The molecule has 0 atom stereocenters. The van der Waals surface area contributed by atoms with Gasteiger partial charge in [0.1, 0.15) is 10.7 Å². The molecule has 0 unspecified atom stereocenters. The Bertz CT molecular complexity index is 552. The van der Waals surface area contributed by atoms with E-state index in [-0.39, 0.29) is 16.2 Å². The molecule has 1 aromatic carbocycles. The van der Waals surface area contributed by atoms with Crippen molar-refractivity contribution < 1.29 is 12.8 Å². The van der Waals surface area contributed by atoms with Gasteiger partial charge < -0.3 is 0 Å². The van der Waals surface area contributed by atoms with E-state index in [0.29, 0.717) is 12.1 Å². The van der Waals surface area contributed by atoms with Crippen LogP contribution in [0.2, 0.25) is 0 Å². The highest BCUT2D eigenvalue weighted by molar-refractivity contribution is 7.89. The molecule has 0 fully saturated rings. The van der Waals surface area contributed by atoms with Crippen molar-refractivity contribution in [3.05, 3.63) is 29.6 Å². The van der Waals surface area contributed by atoms with Gasteiger partial charge in [-0.1, -0.05) is 26.8 Å². The monoisotopic (exact) mass is 307 g/mol. The van der Waals surface area contributed by atoms with Gasteiger partial charge in [0.25, 0.3) is 0 Å². The van der Waals surface area contributed by atoms with Gasteiger partial charge in [-0.05, 0) is 23.1 Å². The van der Waals surface area contributed by atoms with E-state index >= 15 is 0 Å². The quantitative estimate of drug-likeness (QED) is 0.801. The summed E-state index contributed by atoms with van der Waals surface area (Å²) in [7, 11) is -2.38. The Morgan fingerprint density at radius 3 is 2.37 bits per heavy atom. The first kappa shape index (κ1) is 16.4. The van der Waals surface area contributed by atoms with E-state index in [9.17, 15) is 12.8 Å². The molecule has 0 aliphatic carbocycles. The largest absolute Gasteiger partial charge is 0.245 e. The lowest BCUT2D eigenvalue weighted by Gasteiger charge is -2.26. The molecule has 0 bridgehead atoms. The highest BCUT2D eigenvalue weighted by Gasteiger charge is 2.27. The molecule has 0 saturated heterocycles. The van der Waals surface area contributed by atoms with Gasteiger partial charge in [-0.3, -0.25) is 0 Å². The summed E-state index contributed by atoms with van der Waals surface area (Å²) in [6.07, 6.45) is 0. The summed E-state index contributed by atoms with van der Waals surface area (Å²) in [5, 5.41) is 0. The van der Waals surface area contributed by atoms with Crippen LogP contribution in [-0.4, -0.2) is 26.3 Å². The Balaban J connectivity index is 3.20. The van der Waals surface area contributed by atoms with Crippen molar-refractivity contribution in [2.24, 2.45) is 5.41 Å². The van der Waals surface area contributed by atoms with Crippen LogP contribution in [-0.2, 0) is 15.9 Å². The average Bonchev–Trinajstić information content (AvgIpc) is 2.27. The van der Waals surface area contributed by atoms with Crippen LogP contribution in [0.5, 0.6) is 0 Å². The van der Waals surface area contributed by atoms with Gasteiger partial charge in [0.05, 0.1) is 0 Å². The third kappa shape index (κ3) is 4.16. The molecule has 0 aliphatic rings. The van der Waals surface area contributed by atoms with Crippen molar-refractivity contribution in [1.82, 2.24) is 4.31 Å². The molecule has 108 valence electrons. The number of hydrogen-bond acceptors (Lipinski definition) is 2. The predicted molar refractivity (Wildman–Crippen MR) is 75.2 cm³/mol. The van der Waals surface area contributed by atoms with E-state index in [2.05, 4.69) is 0 Å². The van der Waals surface area contributed by atoms with Crippen molar-refractivity contribution in [1.29, 1.82) is 0 Å². The molecule has 0 heterocycles. The molecule has 0 saturated carbocycles. The SMILES string of the molecule is CN(CC(C)(C)C)S(=O)(=O)c1cc(CCl)ccc1F. The minimum Gasteiger partial charge on any atom is -0.207 e. The summed E-state index contributed by atoms with van der Waals surface area (Å²) in [6, 6.07) is 3.90. The molecule has 19 heavy (non-hydrogen) atoms. The van der Waals surface area contributed by atoms with Crippen LogP contribution < -0.4 is 0 Å². The molecule has 0 aliphatic heterocycles. The number of halogens is 2. The van der Waals surface area contributed by atoms with Gasteiger partial charge in [-0.15, -0.1) is 11.6 Å². The fraction of sp³-hybridized carbons (Fsp3) is 0.538. The van der Waals surface area contributed by atoms with Gasteiger partial charge in [0.15, 0.2) is 0 Å². The molecule has 0 amide bonds. The van der Waals surface area contributed by atoms with Crippen LogP contribution >= 0.6 is 11.6 Å². The van der Waals surface area contributed by atoms with E-state index in [4.69, 9.17) is 11.6 Å². The second-order valence-electron chi connectivity index (χ2n) is 5.72. The second kappa shape index (κ2) is 5.77. The lowest BCUT2D eigenvalue weighted by molar-refractivity contribution is 0.310. The van der Waals surface area contributed by atoms with Crippen LogP contribution in [0.4, 0.5) is 4.39 Å². The van der Waals surface area contributed by atoms with Crippen LogP contribution in [0.3, 0.4) is 0 Å². The summed E-state index contributed by atoms with van der Waals surface area (Å²) in [4.78, 5) is -0.322. The maximum atomic E-state index is 13.7. The summed E-state index contributed by atoms with van der Waals surface area (Å²) < 4.78 is 39.6. The molecule has 0 radical (unpaired) electrons. The first-order valence-electron chi connectivity index (χ1n) is 5.88. The predicted octanol–water partition coefficient (Wildman–Crippen LogP) is 3.23. The van der Waals surface area contributed by atoms with Crippen molar-refractivity contribution in [2.45, 2.75) is 31.5 Å². The maximum absolute atomic E-state index is 13.7. The molecule has 0 aromatic heterocycles. The highest BCUT2D eigenvalue weighted by Crippen LogP contribution is 2.24. The van der Waals surface area contributed by atoms with Gasteiger partial charge in [-0.2, -0.15) is 0 Å². The topological polar surface area (TPSA) is 37.4 Å². The third-order valence-corrected chi connectivity index (χ3v) is 4.66. The zero-order valence-corrected chi connectivity index (χ0v) is 13.1. The molecule has 1 rings (SSSR count). The molecule has 6 heteroatoms. The lowest BCUT2D eigenvalue weighted by Crippen LogP contribution is -2.35. The fourth-order valence-corrected chi connectivity index (χ4v) is 3.42. The first-order chi connectivity index (χ1) is 8.58. The van der Waals surface area contributed by atoms with Gasteiger partial charge in [0, 0.05) is 19.5 Å². The molecular formula is C13H19ClFNO2S. The summed E-state index contributed by atoms with van der Waals surface area (Å²) >= 11 is 5.66. The van der Waals surface area contributed by atoms with Crippen LogP contribution in [0.1, 0.15) is 26.3 Å². The van der Waals surface area contributed by atoms with E-state index in [0.717, 1.165) is 6.07 Å². The smallest absolute Gasteiger partial charge is 0.207 e. The number of hydrogen-bond donors (Lipinski definition) is 0. The van der Waals surface area contributed by atoms with Crippen molar-refractivity contribution in [3.63, 3.8) is 0 Å². The average molecular weight is 308 g/mol. The molecule has 1 aromatic rings. The standard InChI is InChI=1S/C13H19ClFNO2S/c1-13(2,3)9-16(4)19(17,18)12-7-10(8-14)5-6-11(12)15/h5-7H,8-9H2,1-4H3. The van der Waals surface area contributed by atoms with Crippen molar-refractivity contribution in [3.8, 4) is 0 Å². The Morgan fingerprint density at radius 2 is 1.89 bits per heavy atom. The lowest BCUT2D eigenvalue weighted by atomic mass is 9.97. The molecule has 0 N–H and O–H groups in total. The van der Waals surface area contributed by atoms with Crippen LogP contribution in [0, 0.1) is 11.2 Å². The normalized spacial score (nSPS) is 13.0. The number of sulfonamides is 1. The Kier molecular flexibility index (Phi) is 4.98. The molecule has 0 spiro atoms. The number of benzene rings is 1. The summed E-state index contributed by atoms with van der Waals surface area (Å²) in [5.41, 5.74) is 0.369. The van der Waals surface area contributed by atoms with E-state index in [1.807, 2.05) is 20.8 Å². The number of alkyl halides is 1. The first-order valence-corrected chi connectivity index (χ1v) is 7.86. The Morgan fingerprint density at radius 1 is 1.32 bits per heavy atom.